The van der Waals surface area contributed by atoms with Crippen LogP contribution in [-0.2, 0) is 13.6 Å². The number of aromatic nitrogens is 4. The van der Waals surface area contributed by atoms with E-state index in [0.29, 0.717) is 5.92 Å². The third-order valence-corrected chi connectivity index (χ3v) is 5.19. The molecule has 0 radical (unpaired) electrons. The van der Waals surface area contributed by atoms with E-state index in [0.717, 1.165) is 47.9 Å². The van der Waals surface area contributed by atoms with Crippen LogP contribution in [0, 0.1) is 13.8 Å². The zero-order chi connectivity index (χ0) is 18.1. The highest BCUT2D eigenvalue weighted by atomic mass is 16.5. The van der Waals surface area contributed by atoms with Crippen LogP contribution < -0.4 is 0 Å². The lowest BCUT2D eigenvalue weighted by molar-refractivity contribution is 0.196. The topological polar surface area (TPSA) is 60.0 Å². The van der Waals surface area contributed by atoms with Crippen LogP contribution in [0.4, 0.5) is 0 Å². The Morgan fingerprint density at radius 3 is 2.77 bits per heavy atom. The minimum absolute atomic E-state index is 0.478. The summed E-state index contributed by atoms with van der Waals surface area (Å²) in [5.41, 5.74) is 5.35. The van der Waals surface area contributed by atoms with Crippen molar-refractivity contribution in [3.63, 3.8) is 0 Å². The third kappa shape index (κ3) is 3.42. The van der Waals surface area contributed by atoms with E-state index in [9.17, 15) is 0 Å². The lowest BCUT2D eigenvalue weighted by atomic mass is 9.93. The van der Waals surface area contributed by atoms with Gasteiger partial charge in [-0.05, 0) is 45.4 Å². The summed E-state index contributed by atoms with van der Waals surface area (Å²) in [5.74, 6) is 1.32. The van der Waals surface area contributed by atoms with Gasteiger partial charge in [0.15, 0.2) is 0 Å². The average molecular weight is 351 g/mol. The number of nitrogens with zero attached hydrogens (tertiary/aromatic N) is 5. The Morgan fingerprint density at radius 1 is 1.23 bits per heavy atom. The smallest absolute Gasteiger partial charge is 0.141 e. The van der Waals surface area contributed by atoms with Gasteiger partial charge in [0.1, 0.15) is 5.76 Å². The van der Waals surface area contributed by atoms with Gasteiger partial charge in [-0.15, -0.1) is 0 Å². The second-order valence-electron chi connectivity index (χ2n) is 7.23. The number of aryl methyl sites for hydroxylation is 3. The minimum Gasteiger partial charge on any atom is -0.361 e. The van der Waals surface area contributed by atoms with Gasteiger partial charge in [0.2, 0.25) is 0 Å². The zero-order valence-electron chi connectivity index (χ0n) is 15.6. The Labute approximate surface area is 153 Å². The normalized spacial score (nSPS) is 18.3. The summed E-state index contributed by atoms with van der Waals surface area (Å²) < 4.78 is 7.14. The fourth-order valence-corrected chi connectivity index (χ4v) is 3.91. The molecule has 0 unspecified atom stereocenters. The monoisotopic (exact) mass is 351 g/mol. The van der Waals surface area contributed by atoms with Crippen molar-refractivity contribution in [3.8, 4) is 11.1 Å². The van der Waals surface area contributed by atoms with Gasteiger partial charge < -0.3 is 4.52 Å². The highest BCUT2D eigenvalue weighted by molar-refractivity contribution is 5.66. The summed E-state index contributed by atoms with van der Waals surface area (Å²) in [5, 5.41) is 8.54. The second kappa shape index (κ2) is 7.03. The Hall–Kier alpha value is -2.47. The molecule has 1 saturated heterocycles. The molecule has 1 fully saturated rings. The Bertz CT molecular complexity index is 861. The molecular formula is C20H25N5O. The number of piperidine rings is 1. The van der Waals surface area contributed by atoms with Gasteiger partial charge in [-0.3, -0.25) is 14.6 Å². The highest BCUT2D eigenvalue weighted by Crippen LogP contribution is 2.30. The van der Waals surface area contributed by atoms with Gasteiger partial charge in [0.25, 0.3) is 0 Å². The summed E-state index contributed by atoms with van der Waals surface area (Å²) in [6, 6.07) is 6.41. The Kier molecular flexibility index (Phi) is 4.59. The maximum atomic E-state index is 5.28. The van der Waals surface area contributed by atoms with Crippen LogP contribution in [0.1, 0.15) is 41.6 Å². The van der Waals surface area contributed by atoms with Crippen LogP contribution in [0.2, 0.25) is 0 Å². The first kappa shape index (κ1) is 17.0. The average Bonchev–Trinajstić information content (AvgIpc) is 3.20. The fourth-order valence-electron chi connectivity index (χ4n) is 3.91. The quantitative estimate of drug-likeness (QED) is 0.720. The first-order chi connectivity index (χ1) is 12.6. The SMILES string of the molecule is Cc1noc(C)c1-c1ccc([C@@H]2CCCN(Cc3ccn(C)n3)C2)nc1. The van der Waals surface area contributed by atoms with E-state index >= 15 is 0 Å². The predicted octanol–water partition coefficient (Wildman–Crippen LogP) is 3.47. The van der Waals surface area contributed by atoms with Crippen molar-refractivity contribution in [1.82, 2.24) is 24.8 Å². The van der Waals surface area contributed by atoms with Crippen molar-refractivity contribution in [2.24, 2.45) is 7.05 Å². The van der Waals surface area contributed by atoms with Gasteiger partial charge in [0.05, 0.1) is 11.4 Å². The maximum Gasteiger partial charge on any atom is 0.141 e. The largest absolute Gasteiger partial charge is 0.361 e. The van der Waals surface area contributed by atoms with E-state index < -0.39 is 0 Å². The van der Waals surface area contributed by atoms with E-state index in [-0.39, 0.29) is 0 Å². The van der Waals surface area contributed by atoms with Gasteiger partial charge >= 0.3 is 0 Å². The molecule has 1 atom stereocenters. The first-order valence-corrected chi connectivity index (χ1v) is 9.20. The zero-order valence-corrected chi connectivity index (χ0v) is 15.6. The lowest BCUT2D eigenvalue weighted by Gasteiger charge is -2.32. The van der Waals surface area contributed by atoms with E-state index in [1.54, 1.807) is 0 Å². The van der Waals surface area contributed by atoms with Crippen molar-refractivity contribution in [3.05, 3.63) is 53.4 Å². The van der Waals surface area contributed by atoms with E-state index in [2.05, 4.69) is 33.4 Å². The van der Waals surface area contributed by atoms with Crippen LogP contribution in [0.15, 0.2) is 35.1 Å². The van der Waals surface area contributed by atoms with Crippen LogP contribution in [0.3, 0.4) is 0 Å². The van der Waals surface area contributed by atoms with E-state index in [4.69, 9.17) is 9.51 Å². The van der Waals surface area contributed by atoms with Gasteiger partial charge in [-0.25, -0.2) is 0 Å². The molecule has 0 N–H and O–H groups in total. The highest BCUT2D eigenvalue weighted by Gasteiger charge is 2.23. The summed E-state index contributed by atoms with van der Waals surface area (Å²) in [7, 11) is 1.97. The molecule has 3 aromatic heterocycles. The molecule has 0 bridgehead atoms. The Balaban J connectivity index is 1.47. The van der Waals surface area contributed by atoms with Crippen molar-refractivity contribution in [1.29, 1.82) is 0 Å². The molecule has 0 aromatic carbocycles. The number of hydrogen-bond donors (Lipinski definition) is 0. The van der Waals surface area contributed by atoms with Crippen LogP contribution in [0.25, 0.3) is 11.1 Å². The van der Waals surface area contributed by atoms with Crippen molar-refractivity contribution < 1.29 is 4.52 Å². The molecule has 1 aliphatic rings. The fraction of sp³-hybridized carbons (Fsp3) is 0.450. The molecule has 0 aliphatic carbocycles. The van der Waals surface area contributed by atoms with Crippen molar-refractivity contribution in [2.45, 2.75) is 39.2 Å². The molecular weight excluding hydrogens is 326 g/mol. The molecule has 0 amide bonds. The molecule has 3 aromatic rings. The van der Waals surface area contributed by atoms with Crippen molar-refractivity contribution in [2.75, 3.05) is 13.1 Å². The molecule has 4 rings (SSSR count). The minimum atomic E-state index is 0.478. The second-order valence-corrected chi connectivity index (χ2v) is 7.23. The molecule has 0 spiro atoms. The number of rotatable bonds is 4. The maximum absolute atomic E-state index is 5.28. The van der Waals surface area contributed by atoms with Gasteiger partial charge in [-0.1, -0.05) is 11.2 Å². The lowest BCUT2D eigenvalue weighted by Crippen LogP contribution is -2.34. The molecule has 6 heteroatoms. The van der Waals surface area contributed by atoms with Crippen molar-refractivity contribution >= 4 is 0 Å². The van der Waals surface area contributed by atoms with Crippen LogP contribution in [0.5, 0.6) is 0 Å². The van der Waals surface area contributed by atoms with E-state index in [1.165, 1.54) is 18.5 Å². The van der Waals surface area contributed by atoms with Gasteiger partial charge in [0, 0.05) is 55.3 Å². The molecule has 4 heterocycles. The predicted molar refractivity (Wildman–Crippen MR) is 99.7 cm³/mol. The first-order valence-electron chi connectivity index (χ1n) is 9.20. The molecule has 1 aliphatic heterocycles. The van der Waals surface area contributed by atoms with Crippen LogP contribution >= 0.6 is 0 Å². The van der Waals surface area contributed by atoms with Crippen LogP contribution in [-0.4, -0.2) is 37.9 Å². The van der Waals surface area contributed by atoms with E-state index in [1.807, 2.05) is 38.0 Å². The molecule has 136 valence electrons. The third-order valence-electron chi connectivity index (χ3n) is 5.19. The molecule has 6 nitrogen and oxygen atoms in total. The number of pyridine rings is 1. The summed E-state index contributed by atoms with van der Waals surface area (Å²) in [6.07, 6.45) is 6.35. The number of likely N-dealkylation sites (tertiary alicyclic amines) is 1. The summed E-state index contributed by atoms with van der Waals surface area (Å²) in [6.45, 7) is 6.99. The summed E-state index contributed by atoms with van der Waals surface area (Å²) in [4.78, 5) is 7.26. The standard InChI is InChI=1S/C20H25N5O/c1-14-20(15(2)26-23-14)16-6-7-19(21-11-16)17-5-4-9-25(12-17)13-18-8-10-24(3)22-18/h6-8,10-11,17H,4-5,9,12-13H2,1-3H3/t17-/m1/s1. The number of hydrogen-bond acceptors (Lipinski definition) is 5. The molecule has 0 saturated carbocycles. The Morgan fingerprint density at radius 2 is 2.12 bits per heavy atom. The summed E-state index contributed by atoms with van der Waals surface area (Å²) >= 11 is 0. The van der Waals surface area contributed by atoms with Gasteiger partial charge in [-0.2, -0.15) is 5.10 Å². The molecule has 26 heavy (non-hydrogen) atoms.